The molecule has 1 fully saturated rings. The number of benzene rings is 1. The van der Waals surface area contributed by atoms with Gasteiger partial charge in [-0.25, -0.2) is 4.79 Å². The van der Waals surface area contributed by atoms with Gasteiger partial charge in [-0.2, -0.15) is 0 Å². The molecule has 0 amide bonds. The van der Waals surface area contributed by atoms with Crippen molar-refractivity contribution in [3.63, 3.8) is 0 Å². The summed E-state index contributed by atoms with van der Waals surface area (Å²) in [6, 6.07) is 4.66. The number of piperidine rings is 1. The number of hydrogen-bond acceptors (Lipinski definition) is 5. The third kappa shape index (κ3) is 3.07. The Hall–Kier alpha value is -2.11. The van der Waals surface area contributed by atoms with Gasteiger partial charge in [0.2, 0.25) is 0 Å². The van der Waals surface area contributed by atoms with Gasteiger partial charge in [-0.3, -0.25) is 10.1 Å². The summed E-state index contributed by atoms with van der Waals surface area (Å²) in [6.07, 6.45) is 3.41. The van der Waals surface area contributed by atoms with E-state index in [-0.39, 0.29) is 17.9 Å². The van der Waals surface area contributed by atoms with Crippen molar-refractivity contribution in [2.75, 3.05) is 24.6 Å². The van der Waals surface area contributed by atoms with Gasteiger partial charge in [-0.1, -0.05) is 0 Å². The van der Waals surface area contributed by atoms with E-state index in [9.17, 15) is 14.9 Å². The maximum atomic E-state index is 11.9. The zero-order valence-electron chi connectivity index (χ0n) is 11.5. The number of rotatable bonds is 4. The van der Waals surface area contributed by atoms with Crippen molar-refractivity contribution in [1.29, 1.82) is 0 Å². The van der Waals surface area contributed by atoms with Crippen LogP contribution in [0.4, 0.5) is 11.4 Å². The first kappa shape index (κ1) is 14.3. The van der Waals surface area contributed by atoms with Crippen LogP contribution in [0.1, 0.15) is 36.5 Å². The van der Waals surface area contributed by atoms with E-state index in [1.54, 1.807) is 19.1 Å². The summed E-state index contributed by atoms with van der Waals surface area (Å²) >= 11 is 0. The zero-order valence-corrected chi connectivity index (χ0v) is 11.5. The molecule has 0 aromatic heterocycles. The molecule has 1 heterocycles. The summed E-state index contributed by atoms with van der Waals surface area (Å²) in [5, 5.41) is 11.0. The highest BCUT2D eigenvalue weighted by atomic mass is 16.6. The maximum Gasteiger partial charge on any atom is 0.345 e. The van der Waals surface area contributed by atoms with Crippen LogP contribution in [0.5, 0.6) is 0 Å². The number of anilines is 1. The van der Waals surface area contributed by atoms with Crippen molar-refractivity contribution < 1.29 is 14.5 Å². The molecule has 1 aromatic carbocycles. The standard InChI is InChI=1S/C14H18N2O4/c1-2-20-14(17)12-10-11(6-7-13(12)16(18)19)15-8-4-3-5-9-15/h6-7,10H,2-5,8-9H2,1H3. The van der Waals surface area contributed by atoms with Gasteiger partial charge >= 0.3 is 5.97 Å². The van der Waals surface area contributed by atoms with Crippen LogP contribution in [0.3, 0.4) is 0 Å². The number of nitrogens with zero attached hydrogens (tertiary/aromatic N) is 2. The minimum Gasteiger partial charge on any atom is -0.462 e. The van der Waals surface area contributed by atoms with E-state index >= 15 is 0 Å². The molecule has 0 saturated carbocycles. The first-order valence-electron chi connectivity index (χ1n) is 6.84. The Labute approximate surface area is 117 Å². The van der Waals surface area contributed by atoms with E-state index < -0.39 is 10.9 Å². The maximum absolute atomic E-state index is 11.9. The van der Waals surface area contributed by atoms with Crippen molar-refractivity contribution in [2.45, 2.75) is 26.2 Å². The van der Waals surface area contributed by atoms with Crippen LogP contribution in [0.2, 0.25) is 0 Å². The highest BCUT2D eigenvalue weighted by Crippen LogP contribution is 2.27. The molecule has 0 bridgehead atoms. The molecule has 1 saturated heterocycles. The molecule has 0 radical (unpaired) electrons. The van der Waals surface area contributed by atoms with Gasteiger partial charge in [0.25, 0.3) is 5.69 Å². The largest absolute Gasteiger partial charge is 0.462 e. The normalized spacial score (nSPS) is 14.9. The molecule has 0 N–H and O–H groups in total. The van der Waals surface area contributed by atoms with Crippen LogP contribution < -0.4 is 4.90 Å². The molecule has 0 aliphatic carbocycles. The van der Waals surface area contributed by atoms with Gasteiger partial charge in [-0.05, 0) is 38.3 Å². The molecule has 2 rings (SSSR count). The van der Waals surface area contributed by atoms with Crippen LogP contribution in [0.15, 0.2) is 18.2 Å². The van der Waals surface area contributed by atoms with Gasteiger partial charge in [0, 0.05) is 24.8 Å². The molecule has 0 atom stereocenters. The molecule has 0 spiro atoms. The molecule has 6 heteroatoms. The van der Waals surface area contributed by atoms with Crippen molar-refractivity contribution in [3.8, 4) is 0 Å². The van der Waals surface area contributed by atoms with Crippen molar-refractivity contribution in [3.05, 3.63) is 33.9 Å². The summed E-state index contributed by atoms with van der Waals surface area (Å²) in [4.78, 5) is 24.5. The van der Waals surface area contributed by atoms with E-state index in [1.807, 2.05) is 0 Å². The summed E-state index contributed by atoms with van der Waals surface area (Å²) in [5.74, 6) is -0.641. The van der Waals surface area contributed by atoms with Crippen molar-refractivity contribution in [1.82, 2.24) is 0 Å². The molecule has 0 unspecified atom stereocenters. The second-order valence-corrected chi connectivity index (χ2v) is 4.73. The lowest BCUT2D eigenvalue weighted by atomic mass is 10.1. The molecular formula is C14H18N2O4. The van der Waals surface area contributed by atoms with Crippen LogP contribution in [-0.4, -0.2) is 30.6 Å². The predicted molar refractivity (Wildman–Crippen MR) is 75.1 cm³/mol. The second-order valence-electron chi connectivity index (χ2n) is 4.73. The monoisotopic (exact) mass is 278 g/mol. The van der Waals surface area contributed by atoms with Crippen LogP contribution in [0.25, 0.3) is 0 Å². The van der Waals surface area contributed by atoms with E-state index in [0.29, 0.717) is 0 Å². The molecule has 1 aromatic rings. The van der Waals surface area contributed by atoms with Gasteiger partial charge in [0.1, 0.15) is 5.56 Å². The Morgan fingerprint density at radius 3 is 2.65 bits per heavy atom. The summed E-state index contributed by atoms with van der Waals surface area (Å²) in [5.41, 5.74) is 0.669. The molecule has 20 heavy (non-hydrogen) atoms. The number of hydrogen-bond donors (Lipinski definition) is 0. The Kier molecular flexibility index (Phi) is 4.55. The zero-order chi connectivity index (χ0) is 14.5. The highest BCUT2D eigenvalue weighted by Gasteiger charge is 2.23. The van der Waals surface area contributed by atoms with Crippen molar-refractivity contribution >= 4 is 17.3 Å². The third-order valence-electron chi connectivity index (χ3n) is 3.39. The fraction of sp³-hybridized carbons (Fsp3) is 0.500. The Morgan fingerprint density at radius 2 is 2.05 bits per heavy atom. The Morgan fingerprint density at radius 1 is 1.35 bits per heavy atom. The fourth-order valence-electron chi connectivity index (χ4n) is 2.40. The molecule has 1 aliphatic heterocycles. The number of ether oxygens (including phenoxy) is 1. The lowest BCUT2D eigenvalue weighted by Gasteiger charge is -2.28. The number of carbonyl (C=O) groups excluding carboxylic acids is 1. The topological polar surface area (TPSA) is 72.7 Å². The number of nitro groups is 1. The van der Waals surface area contributed by atoms with Crippen molar-refractivity contribution in [2.24, 2.45) is 0 Å². The van der Waals surface area contributed by atoms with Crippen LogP contribution >= 0.6 is 0 Å². The lowest BCUT2D eigenvalue weighted by molar-refractivity contribution is -0.385. The summed E-state index contributed by atoms with van der Waals surface area (Å²) < 4.78 is 4.90. The van der Waals surface area contributed by atoms with E-state index in [2.05, 4.69) is 4.90 Å². The lowest BCUT2D eigenvalue weighted by Crippen LogP contribution is -2.29. The average Bonchev–Trinajstić information content (AvgIpc) is 2.47. The van der Waals surface area contributed by atoms with Crippen LogP contribution in [-0.2, 0) is 4.74 Å². The number of esters is 1. The first-order chi connectivity index (χ1) is 9.63. The second kappa shape index (κ2) is 6.36. The minimum absolute atomic E-state index is 0.0277. The third-order valence-corrected chi connectivity index (χ3v) is 3.39. The Balaban J connectivity index is 2.34. The van der Waals surface area contributed by atoms with Crippen LogP contribution in [0, 0.1) is 10.1 Å². The van der Waals surface area contributed by atoms with E-state index in [1.165, 1.54) is 12.5 Å². The minimum atomic E-state index is -0.641. The molecule has 1 aliphatic rings. The number of nitro benzene ring substituents is 1. The summed E-state index contributed by atoms with van der Waals surface area (Å²) in [6.45, 7) is 3.71. The molecular weight excluding hydrogens is 260 g/mol. The quantitative estimate of drug-likeness (QED) is 0.481. The fourth-order valence-corrected chi connectivity index (χ4v) is 2.40. The van der Waals surface area contributed by atoms with Gasteiger partial charge in [0.15, 0.2) is 0 Å². The first-order valence-corrected chi connectivity index (χ1v) is 6.84. The average molecular weight is 278 g/mol. The molecule has 108 valence electrons. The van der Waals surface area contributed by atoms with E-state index in [0.717, 1.165) is 31.6 Å². The predicted octanol–water partition coefficient (Wildman–Crippen LogP) is 2.76. The van der Waals surface area contributed by atoms with Gasteiger partial charge in [0.05, 0.1) is 11.5 Å². The van der Waals surface area contributed by atoms with Gasteiger partial charge < -0.3 is 9.64 Å². The summed E-state index contributed by atoms with van der Waals surface area (Å²) in [7, 11) is 0. The molecule has 6 nitrogen and oxygen atoms in total. The SMILES string of the molecule is CCOC(=O)c1cc(N2CCCCC2)ccc1[N+](=O)[O-]. The Bertz CT molecular complexity index is 510. The smallest absolute Gasteiger partial charge is 0.345 e. The number of carbonyl (C=O) groups is 1. The van der Waals surface area contributed by atoms with Gasteiger partial charge in [-0.15, -0.1) is 0 Å². The highest BCUT2D eigenvalue weighted by molar-refractivity contribution is 5.95. The van der Waals surface area contributed by atoms with E-state index in [4.69, 9.17) is 4.74 Å².